The molecule has 0 aromatic carbocycles. The van der Waals surface area contributed by atoms with E-state index in [1.807, 2.05) is 0 Å². The fourth-order valence-electron chi connectivity index (χ4n) is 3.54. The van der Waals surface area contributed by atoms with Crippen LogP contribution in [0.1, 0.15) is 34.1 Å². The molecule has 2 saturated heterocycles. The largest absolute Gasteiger partial charge is 0.311 e. The van der Waals surface area contributed by atoms with Gasteiger partial charge in [-0.05, 0) is 31.3 Å². The van der Waals surface area contributed by atoms with Crippen molar-refractivity contribution in [2.24, 2.45) is 11.3 Å². The standard InChI is InChI=1S/C15H31N3/c1-12-10-17(5)8-6-13(12)18-9-7-16-14(11-18)15(2,3)4/h12-14,16H,6-11H2,1-5H3. The van der Waals surface area contributed by atoms with Crippen molar-refractivity contribution in [1.82, 2.24) is 15.1 Å². The molecule has 0 spiro atoms. The van der Waals surface area contributed by atoms with E-state index in [9.17, 15) is 0 Å². The van der Waals surface area contributed by atoms with Crippen molar-refractivity contribution in [2.75, 3.05) is 39.8 Å². The second kappa shape index (κ2) is 5.48. The third-order valence-corrected chi connectivity index (χ3v) is 4.78. The lowest BCUT2D eigenvalue weighted by atomic mass is 9.84. The molecule has 0 aromatic heterocycles. The maximum absolute atomic E-state index is 3.70. The number of nitrogens with one attached hydrogen (secondary N) is 1. The summed E-state index contributed by atoms with van der Waals surface area (Å²) in [5, 5.41) is 3.70. The van der Waals surface area contributed by atoms with E-state index in [0.717, 1.165) is 18.5 Å². The lowest BCUT2D eigenvalue weighted by molar-refractivity contribution is 0.0362. The average molecular weight is 253 g/mol. The normalized spacial score (nSPS) is 36.8. The zero-order valence-electron chi connectivity index (χ0n) is 12.9. The Hall–Kier alpha value is -0.120. The Balaban J connectivity index is 1.96. The molecule has 0 radical (unpaired) electrons. The SMILES string of the molecule is CC1CN(C)CCC1N1CCNC(C(C)(C)C)C1. The molecule has 0 saturated carbocycles. The van der Waals surface area contributed by atoms with Gasteiger partial charge in [0, 0.05) is 38.3 Å². The van der Waals surface area contributed by atoms with E-state index in [2.05, 4.69) is 49.9 Å². The molecule has 3 unspecified atom stereocenters. The van der Waals surface area contributed by atoms with E-state index >= 15 is 0 Å². The first-order chi connectivity index (χ1) is 8.38. The van der Waals surface area contributed by atoms with E-state index in [-0.39, 0.29) is 0 Å². The number of hydrogen-bond donors (Lipinski definition) is 1. The topological polar surface area (TPSA) is 18.5 Å². The third-order valence-electron chi connectivity index (χ3n) is 4.78. The molecular formula is C15H31N3. The first-order valence-corrected chi connectivity index (χ1v) is 7.54. The first-order valence-electron chi connectivity index (χ1n) is 7.54. The number of piperidine rings is 1. The Labute approximate surface area is 113 Å². The quantitative estimate of drug-likeness (QED) is 0.766. The van der Waals surface area contributed by atoms with Crippen LogP contribution in [0.5, 0.6) is 0 Å². The summed E-state index contributed by atoms with van der Waals surface area (Å²) in [6.07, 6.45) is 1.34. The molecule has 0 amide bonds. The maximum Gasteiger partial charge on any atom is 0.0244 e. The lowest BCUT2D eigenvalue weighted by Gasteiger charge is -2.47. The Morgan fingerprint density at radius 3 is 2.44 bits per heavy atom. The third kappa shape index (κ3) is 3.25. The minimum atomic E-state index is 0.368. The van der Waals surface area contributed by atoms with Gasteiger partial charge in [0.1, 0.15) is 0 Å². The molecule has 2 aliphatic heterocycles. The van der Waals surface area contributed by atoms with Crippen molar-refractivity contribution in [2.45, 2.75) is 46.2 Å². The second-order valence-electron chi connectivity index (χ2n) is 7.46. The summed E-state index contributed by atoms with van der Waals surface area (Å²) in [4.78, 5) is 5.23. The van der Waals surface area contributed by atoms with Gasteiger partial charge in [-0.3, -0.25) is 4.90 Å². The van der Waals surface area contributed by atoms with Crippen LogP contribution in [-0.2, 0) is 0 Å². The highest BCUT2D eigenvalue weighted by molar-refractivity contribution is 4.92. The minimum absolute atomic E-state index is 0.368. The summed E-state index contributed by atoms with van der Waals surface area (Å²) < 4.78 is 0. The van der Waals surface area contributed by atoms with E-state index in [4.69, 9.17) is 0 Å². The molecule has 3 heteroatoms. The van der Waals surface area contributed by atoms with Gasteiger partial charge < -0.3 is 10.2 Å². The predicted molar refractivity (Wildman–Crippen MR) is 77.9 cm³/mol. The van der Waals surface area contributed by atoms with Gasteiger partial charge in [-0.25, -0.2) is 0 Å². The van der Waals surface area contributed by atoms with Gasteiger partial charge in [0.05, 0.1) is 0 Å². The van der Waals surface area contributed by atoms with Crippen LogP contribution in [0.4, 0.5) is 0 Å². The van der Waals surface area contributed by atoms with E-state index in [1.165, 1.54) is 32.6 Å². The fourth-order valence-corrected chi connectivity index (χ4v) is 3.54. The van der Waals surface area contributed by atoms with Gasteiger partial charge in [-0.2, -0.15) is 0 Å². The smallest absolute Gasteiger partial charge is 0.0244 e. The van der Waals surface area contributed by atoms with Crippen LogP contribution >= 0.6 is 0 Å². The van der Waals surface area contributed by atoms with E-state index < -0.39 is 0 Å². The number of rotatable bonds is 1. The summed E-state index contributed by atoms with van der Waals surface area (Å²) in [6, 6.07) is 1.44. The predicted octanol–water partition coefficient (Wildman–Crippen LogP) is 1.65. The molecule has 3 nitrogen and oxygen atoms in total. The summed E-state index contributed by atoms with van der Waals surface area (Å²) in [5.74, 6) is 0.808. The zero-order valence-corrected chi connectivity index (χ0v) is 12.9. The molecule has 18 heavy (non-hydrogen) atoms. The molecule has 106 valence electrons. The Morgan fingerprint density at radius 1 is 1.11 bits per heavy atom. The zero-order chi connectivity index (χ0) is 13.3. The van der Waals surface area contributed by atoms with Gasteiger partial charge >= 0.3 is 0 Å². The maximum atomic E-state index is 3.70. The van der Waals surface area contributed by atoms with Gasteiger partial charge in [-0.1, -0.05) is 27.7 Å². The average Bonchev–Trinajstić information content (AvgIpc) is 2.28. The molecule has 2 aliphatic rings. The van der Waals surface area contributed by atoms with Crippen molar-refractivity contribution < 1.29 is 0 Å². The fraction of sp³-hybridized carbons (Fsp3) is 1.00. The summed E-state index contributed by atoms with van der Waals surface area (Å²) >= 11 is 0. The second-order valence-corrected chi connectivity index (χ2v) is 7.46. The van der Waals surface area contributed by atoms with Gasteiger partial charge in [0.2, 0.25) is 0 Å². The van der Waals surface area contributed by atoms with Crippen LogP contribution in [0.2, 0.25) is 0 Å². The van der Waals surface area contributed by atoms with Gasteiger partial charge in [0.15, 0.2) is 0 Å². The van der Waals surface area contributed by atoms with Crippen LogP contribution < -0.4 is 5.32 Å². The molecule has 1 N–H and O–H groups in total. The van der Waals surface area contributed by atoms with Crippen molar-refractivity contribution in [3.8, 4) is 0 Å². The van der Waals surface area contributed by atoms with Crippen LogP contribution in [0.3, 0.4) is 0 Å². The van der Waals surface area contributed by atoms with Crippen LogP contribution in [0, 0.1) is 11.3 Å². The molecule has 2 fully saturated rings. The molecule has 0 bridgehead atoms. The summed E-state index contributed by atoms with van der Waals surface area (Å²) in [7, 11) is 2.25. The molecular weight excluding hydrogens is 222 g/mol. The Morgan fingerprint density at radius 2 is 1.83 bits per heavy atom. The lowest BCUT2D eigenvalue weighted by Crippen LogP contribution is -2.61. The number of piperazine rings is 1. The van der Waals surface area contributed by atoms with E-state index in [1.54, 1.807) is 0 Å². The Bertz CT molecular complexity index is 271. The highest BCUT2D eigenvalue weighted by Crippen LogP contribution is 2.27. The molecule has 2 rings (SSSR count). The van der Waals surface area contributed by atoms with Crippen molar-refractivity contribution in [1.29, 1.82) is 0 Å². The van der Waals surface area contributed by atoms with Crippen molar-refractivity contribution in [3.05, 3.63) is 0 Å². The summed E-state index contributed by atoms with van der Waals surface area (Å²) in [5.41, 5.74) is 0.368. The number of likely N-dealkylation sites (tertiary alicyclic amines) is 1. The monoisotopic (exact) mass is 253 g/mol. The highest BCUT2D eigenvalue weighted by atomic mass is 15.2. The van der Waals surface area contributed by atoms with Crippen LogP contribution in [-0.4, -0.2) is 61.7 Å². The highest BCUT2D eigenvalue weighted by Gasteiger charge is 2.35. The molecule has 2 heterocycles. The van der Waals surface area contributed by atoms with E-state index in [0.29, 0.717) is 11.5 Å². The first kappa shape index (κ1) is 14.3. The molecule has 0 aromatic rings. The molecule has 0 aliphatic carbocycles. The van der Waals surface area contributed by atoms with Crippen molar-refractivity contribution >= 4 is 0 Å². The number of nitrogens with zero attached hydrogens (tertiary/aromatic N) is 2. The van der Waals surface area contributed by atoms with Crippen LogP contribution in [0.15, 0.2) is 0 Å². The van der Waals surface area contributed by atoms with Gasteiger partial charge in [0.25, 0.3) is 0 Å². The summed E-state index contributed by atoms with van der Waals surface area (Å²) in [6.45, 7) is 15.6. The number of hydrogen-bond acceptors (Lipinski definition) is 3. The minimum Gasteiger partial charge on any atom is -0.311 e. The Kier molecular flexibility index (Phi) is 4.35. The molecule has 3 atom stereocenters. The van der Waals surface area contributed by atoms with Crippen molar-refractivity contribution in [3.63, 3.8) is 0 Å². The van der Waals surface area contributed by atoms with Gasteiger partial charge in [-0.15, -0.1) is 0 Å². The van der Waals surface area contributed by atoms with Crippen LogP contribution in [0.25, 0.3) is 0 Å².